The van der Waals surface area contributed by atoms with Gasteiger partial charge >= 0.3 is 0 Å². The second-order valence-electron chi connectivity index (χ2n) is 6.70. The molecule has 5 heteroatoms. The van der Waals surface area contributed by atoms with Crippen molar-refractivity contribution < 1.29 is 0 Å². The molecule has 3 heterocycles. The minimum absolute atomic E-state index is 0.685. The van der Waals surface area contributed by atoms with Crippen molar-refractivity contribution >= 4 is 11.6 Å². The van der Waals surface area contributed by atoms with Gasteiger partial charge in [-0.1, -0.05) is 11.6 Å². The van der Waals surface area contributed by atoms with Gasteiger partial charge in [0.15, 0.2) is 0 Å². The van der Waals surface area contributed by atoms with E-state index in [1.54, 1.807) is 0 Å². The fraction of sp³-hybridized carbons (Fsp3) is 0.316. The first kappa shape index (κ1) is 14.2. The summed E-state index contributed by atoms with van der Waals surface area (Å²) in [6.45, 7) is 1.97. The number of fused-ring (bicyclic) bond motifs is 3. The fourth-order valence-electron chi connectivity index (χ4n) is 3.75. The number of rotatable bonds is 2. The maximum Gasteiger partial charge on any atom is 0.137 e. The third kappa shape index (κ3) is 2.09. The summed E-state index contributed by atoms with van der Waals surface area (Å²) in [5.41, 5.74) is 6.09. The van der Waals surface area contributed by atoms with Crippen molar-refractivity contribution in [1.82, 2.24) is 19.7 Å². The van der Waals surface area contributed by atoms with Crippen LogP contribution in [0.5, 0.6) is 0 Å². The Morgan fingerprint density at radius 1 is 1.17 bits per heavy atom. The van der Waals surface area contributed by atoms with Crippen LogP contribution < -0.4 is 0 Å². The van der Waals surface area contributed by atoms with Crippen LogP contribution in [-0.2, 0) is 12.8 Å². The van der Waals surface area contributed by atoms with Crippen LogP contribution >= 0.6 is 11.6 Å². The predicted molar refractivity (Wildman–Crippen MR) is 93.7 cm³/mol. The topological polar surface area (TPSA) is 43.6 Å². The first-order chi connectivity index (χ1) is 11.7. The normalized spacial score (nSPS) is 15.9. The van der Waals surface area contributed by atoms with E-state index in [0.29, 0.717) is 5.92 Å². The number of aromatic nitrogens is 4. The molecule has 0 radical (unpaired) electrons. The monoisotopic (exact) mass is 336 g/mol. The van der Waals surface area contributed by atoms with Crippen molar-refractivity contribution in [3.63, 3.8) is 0 Å². The van der Waals surface area contributed by atoms with E-state index in [1.807, 2.05) is 19.3 Å². The van der Waals surface area contributed by atoms with Crippen LogP contribution in [0.25, 0.3) is 16.8 Å². The van der Waals surface area contributed by atoms with E-state index in [0.717, 1.165) is 35.2 Å². The Morgan fingerprint density at radius 2 is 2.04 bits per heavy atom. The average Bonchev–Trinajstić information content (AvgIpc) is 3.38. The van der Waals surface area contributed by atoms with Gasteiger partial charge in [0.25, 0.3) is 0 Å². The quantitative estimate of drug-likeness (QED) is 0.702. The third-order valence-electron chi connectivity index (χ3n) is 5.06. The van der Waals surface area contributed by atoms with Gasteiger partial charge in [-0.15, -0.1) is 10.2 Å². The molecule has 0 N–H and O–H groups in total. The molecule has 0 atom stereocenters. The van der Waals surface area contributed by atoms with E-state index in [9.17, 15) is 0 Å². The summed E-state index contributed by atoms with van der Waals surface area (Å²) in [7, 11) is 0. The molecule has 1 aliphatic heterocycles. The molecule has 1 aliphatic carbocycles. The summed E-state index contributed by atoms with van der Waals surface area (Å²) in [5.74, 6) is 2.57. The Bertz CT molecular complexity index is 956. The predicted octanol–water partition coefficient (Wildman–Crippen LogP) is 4.27. The van der Waals surface area contributed by atoms with Crippen LogP contribution in [-0.4, -0.2) is 19.7 Å². The van der Waals surface area contributed by atoms with Gasteiger partial charge in [-0.05, 0) is 67.0 Å². The van der Waals surface area contributed by atoms with Crippen LogP contribution in [0.4, 0.5) is 0 Å². The van der Waals surface area contributed by atoms with Crippen molar-refractivity contribution in [2.75, 3.05) is 0 Å². The molecule has 3 aromatic rings. The van der Waals surface area contributed by atoms with E-state index in [2.05, 4.69) is 37.9 Å². The van der Waals surface area contributed by atoms with Crippen molar-refractivity contribution in [2.45, 2.75) is 38.5 Å². The van der Waals surface area contributed by atoms with Crippen LogP contribution in [0.2, 0.25) is 5.02 Å². The van der Waals surface area contributed by atoms with E-state index in [-0.39, 0.29) is 0 Å². The molecule has 120 valence electrons. The molecule has 1 aromatic carbocycles. The van der Waals surface area contributed by atoms with Gasteiger partial charge in [-0.3, -0.25) is 9.55 Å². The van der Waals surface area contributed by atoms with Gasteiger partial charge in [-0.2, -0.15) is 0 Å². The summed E-state index contributed by atoms with van der Waals surface area (Å²) >= 11 is 6.70. The highest BCUT2D eigenvalue weighted by Crippen LogP contribution is 2.45. The number of hydrogen-bond donors (Lipinski definition) is 0. The number of aryl methyl sites for hydroxylation is 3. The highest BCUT2D eigenvalue weighted by molar-refractivity contribution is 6.33. The number of hydrogen-bond acceptors (Lipinski definition) is 3. The Balaban J connectivity index is 1.70. The molecule has 0 amide bonds. The molecular formula is C19H17ClN4. The molecule has 1 fully saturated rings. The molecule has 0 saturated heterocycles. The zero-order valence-corrected chi connectivity index (χ0v) is 14.2. The summed E-state index contributed by atoms with van der Waals surface area (Å²) in [6, 6.07) is 6.49. The lowest BCUT2D eigenvalue weighted by atomic mass is 9.94. The Morgan fingerprint density at radius 3 is 2.88 bits per heavy atom. The Kier molecular flexibility index (Phi) is 3.04. The smallest absolute Gasteiger partial charge is 0.137 e. The van der Waals surface area contributed by atoms with E-state index in [1.165, 1.54) is 35.1 Å². The SMILES string of the molecule is Cc1nnc2n1-c1c(Cl)cc(-c3cnccc3C3CC3)cc1CC2. The zero-order chi connectivity index (χ0) is 16.3. The van der Waals surface area contributed by atoms with Crippen molar-refractivity contribution in [1.29, 1.82) is 0 Å². The molecule has 2 aromatic heterocycles. The number of nitrogens with zero attached hydrogens (tertiary/aromatic N) is 4. The van der Waals surface area contributed by atoms with Crippen LogP contribution in [0.1, 0.15) is 41.5 Å². The number of halogens is 1. The maximum absolute atomic E-state index is 6.70. The highest BCUT2D eigenvalue weighted by Gasteiger charge is 2.28. The number of benzene rings is 1. The minimum atomic E-state index is 0.685. The molecule has 0 spiro atoms. The maximum atomic E-state index is 6.70. The van der Waals surface area contributed by atoms with Gasteiger partial charge in [0.2, 0.25) is 0 Å². The van der Waals surface area contributed by atoms with Gasteiger partial charge in [0, 0.05) is 24.4 Å². The van der Waals surface area contributed by atoms with Gasteiger partial charge < -0.3 is 0 Å². The van der Waals surface area contributed by atoms with Gasteiger partial charge in [0.05, 0.1) is 10.7 Å². The summed E-state index contributed by atoms with van der Waals surface area (Å²) in [4.78, 5) is 4.35. The van der Waals surface area contributed by atoms with Crippen LogP contribution in [0, 0.1) is 6.92 Å². The second-order valence-corrected chi connectivity index (χ2v) is 7.11. The third-order valence-corrected chi connectivity index (χ3v) is 5.35. The lowest BCUT2D eigenvalue weighted by molar-refractivity contribution is 0.767. The Hall–Kier alpha value is -2.20. The van der Waals surface area contributed by atoms with E-state index in [4.69, 9.17) is 11.6 Å². The van der Waals surface area contributed by atoms with Crippen molar-refractivity contribution in [3.8, 4) is 16.8 Å². The van der Waals surface area contributed by atoms with E-state index < -0.39 is 0 Å². The molecule has 2 aliphatic rings. The van der Waals surface area contributed by atoms with Gasteiger partial charge in [0.1, 0.15) is 11.6 Å². The summed E-state index contributed by atoms with van der Waals surface area (Å²) in [5, 5.41) is 9.24. The number of pyridine rings is 1. The lowest BCUT2D eigenvalue weighted by Crippen LogP contribution is -2.14. The molecule has 1 saturated carbocycles. The van der Waals surface area contributed by atoms with Crippen LogP contribution in [0.3, 0.4) is 0 Å². The van der Waals surface area contributed by atoms with Gasteiger partial charge in [-0.25, -0.2) is 0 Å². The largest absolute Gasteiger partial charge is 0.281 e. The molecule has 24 heavy (non-hydrogen) atoms. The standard InChI is InChI=1S/C19H17ClN4/c1-11-22-23-18-5-4-13-8-14(9-17(20)19(13)24(11)18)16-10-21-7-6-15(16)12-2-3-12/h6-10,12H,2-5H2,1H3. The molecule has 5 rings (SSSR count). The van der Waals surface area contributed by atoms with Crippen LogP contribution in [0.15, 0.2) is 30.6 Å². The van der Waals surface area contributed by atoms with Crippen molar-refractivity contribution in [2.24, 2.45) is 0 Å². The average molecular weight is 337 g/mol. The first-order valence-corrected chi connectivity index (χ1v) is 8.78. The summed E-state index contributed by atoms with van der Waals surface area (Å²) < 4.78 is 2.09. The summed E-state index contributed by atoms with van der Waals surface area (Å²) in [6.07, 6.45) is 8.27. The molecule has 0 bridgehead atoms. The minimum Gasteiger partial charge on any atom is -0.281 e. The zero-order valence-electron chi connectivity index (χ0n) is 13.5. The lowest BCUT2D eigenvalue weighted by Gasteiger charge is -2.22. The fourth-order valence-corrected chi connectivity index (χ4v) is 4.08. The highest BCUT2D eigenvalue weighted by atomic mass is 35.5. The molecule has 0 unspecified atom stereocenters. The first-order valence-electron chi connectivity index (χ1n) is 8.40. The van der Waals surface area contributed by atoms with Crippen molar-refractivity contribution in [3.05, 3.63) is 58.4 Å². The Labute approximate surface area is 145 Å². The second kappa shape index (κ2) is 5.15. The molecular weight excluding hydrogens is 320 g/mol. The molecule has 4 nitrogen and oxygen atoms in total. The van der Waals surface area contributed by atoms with E-state index >= 15 is 0 Å².